The van der Waals surface area contributed by atoms with Crippen LogP contribution in [0.15, 0.2) is 98.4 Å². The molecule has 0 radical (unpaired) electrons. The lowest BCUT2D eigenvalue weighted by molar-refractivity contribution is -0.191. The quantitative estimate of drug-likeness (QED) is 0.183. The van der Waals surface area contributed by atoms with E-state index in [0.29, 0.717) is 5.56 Å². The molecular weight excluding hydrogens is 769 g/mol. The molecule has 0 aromatic heterocycles. The Bertz CT molecular complexity index is 1940. The minimum absolute atomic E-state index is 0.0411. The molecule has 278 valence electrons. The fourth-order valence-electron chi connectivity index (χ4n) is 5.39. The van der Waals surface area contributed by atoms with Crippen molar-refractivity contribution < 1.29 is 77.9 Å². The lowest BCUT2D eigenvalue weighted by Gasteiger charge is -2.41. The van der Waals surface area contributed by atoms with E-state index in [4.69, 9.17) is 3.63 Å². The summed E-state index contributed by atoms with van der Waals surface area (Å²) in [5.74, 6) is 0. The molecule has 0 saturated carbocycles. The van der Waals surface area contributed by atoms with Crippen LogP contribution in [0.5, 0.6) is 0 Å². The predicted octanol–water partition coefficient (Wildman–Crippen LogP) is 12.0. The van der Waals surface area contributed by atoms with Gasteiger partial charge in [0.1, 0.15) is 4.90 Å². The van der Waals surface area contributed by atoms with Gasteiger partial charge in [0.05, 0.1) is 27.8 Å². The molecule has 0 aliphatic carbocycles. The topological polar surface area (TPSA) is 43.4 Å². The second kappa shape index (κ2) is 12.9. The van der Waals surface area contributed by atoms with Gasteiger partial charge in [-0.05, 0) is 60.1 Å². The summed E-state index contributed by atoms with van der Waals surface area (Å²) in [5.41, 5.74) is -21.1. The lowest BCUT2D eigenvalue weighted by Crippen LogP contribution is -2.34. The second-order valence-corrected chi connectivity index (χ2v) is 15.0. The summed E-state index contributed by atoms with van der Waals surface area (Å²) in [6, 6.07) is 15.5. The standard InChI is InChI=1S/C31H19F15O3S2/c1-16-13-14-20(17(2)15-16)50(18-9-5-3-6-10-18,19-11-7-4-8-12-19)49-51(47,48)26-24(30(41,42)43)22(28(35,36)37)21(27(32,33)34)23(29(38,39)40)25(26)31(44,45)46/h3-15H,1-2H3. The normalized spacial score (nSPS) is 14.1. The summed E-state index contributed by atoms with van der Waals surface area (Å²) in [6.07, 6.45) is -35.8. The Morgan fingerprint density at radius 2 is 0.804 bits per heavy atom. The number of hydrogen-bond acceptors (Lipinski definition) is 3. The number of benzene rings is 4. The van der Waals surface area contributed by atoms with Gasteiger partial charge in [0.15, 0.2) is 0 Å². The third-order valence-corrected chi connectivity index (χ3v) is 12.5. The second-order valence-electron chi connectivity index (χ2n) is 10.7. The third-order valence-electron chi connectivity index (χ3n) is 7.10. The van der Waals surface area contributed by atoms with E-state index in [1.54, 1.807) is 0 Å². The van der Waals surface area contributed by atoms with Crippen molar-refractivity contribution in [3.8, 4) is 0 Å². The van der Waals surface area contributed by atoms with Gasteiger partial charge >= 0.3 is 41.0 Å². The highest BCUT2D eigenvalue weighted by Gasteiger charge is 2.63. The van der Waals surface area contributed by atoms with Crippen LogP contribution in [-0.2, 0) is 44.6 Å². The third kappa shape index (κ3) is 7.53. The molecule has 0 spiro atoms. The summed E-state index contributed by atoms with van der Waals surface area (Å²) in [7, 11) is -11.7. The smallest absolute Gasteiger partial charge is 0.203 e. The van der Waals surface area contributed by atoms with Gasteiger partial charge in [-0.15, -0.1) is 0 Å². The van der Waals surface area contributed by atoms with E-state index < -0.39 is 84.0 Å². The summed E-state index contributed by atoms with van der Waals surface area (Å²) >= 11 is 0. The van der Waals surface area contributed by atoms with Crippen molar-refractivity contribution in [3.63, 3.8) is 0 Å². The first-order valence-electron chi connectivity index (χ1n) is 13.6. The molecule has 4 aromatic rings. The Balaban J connectivity index is 2.41. The van der Waals surface area contributed by atoms with Gasteiger partial charge in [-0.1, -0.05) is 54.1 Å². The van der Waals surface area contributed by atoms with Crippen molar-refractivity contribution in [3.05, 3.63) is 118 Å². The Hall–Kier alpha value is -3.91. The molecule has 0 atom stereocenters. The maximum Gasteiger partial charge on any atom is 0.418 e. The zero-order chi connectivity index (χ0) is 38.8. The maximum atomic E-state index is 14.6. The van der Waals surface area contributed by atoms with Crippen molar-refractivity contribution in [2.45, 2.75) is 64.3 Å². The highest BCUT2D eigenvalue weighted by atomic mass is 32.3. The van der Waals surface area contributed by atoms with E-state index in [1.165, 1.54) is 62.4 Å². The van der Waals surface area contributed by atoms with Crippen molar-refractivity contribution in [2.75, 3.05) is 0 Å². The molecular formula is C31H19F15O3S2. The molecule has 0 bridgehead atoms. The molecule has 4 aromatic carbocycles. The van der Waals surface area contributed by atoms with Crippen LogP contribution in [-0.4, -0.2) is 8.42 Å². The van der Waals surface area contributed by atoms with Gasteiger partial charge in [0, 0.05) is 14.7 Å². The molecule has 0 fully saturated rings. The van der Waals surface area contributed by atoms with E-state index in [-0.39, 0.29) is 20.2 Å². The Kier molecular flexibility index (Phi) is 10.1. The molecule has 4 rings (SSSR count). The number of hydrogen-bond donors (Lipinski definition) is 0. The van der Waals surface area contributed by atoms with Crippen molar-refractivity contribution >= 4 is 20.4 Å². The van der Waals surface area contributed by atoms with Crippen molar-refractivity contribution in [1.29, 1.82) is 0 Å². The molecule has 3 nitrogen and oxygen atoms in total. The van der Waals surface area contributed by atoms with Crippen LogP contribution in [0.4, 0.5) is 65.9 Å². The van der Waals surface area contributed by atoms with Gasteiger partial charge in [-0.3, -0.25) is 0 Å². The summed E-state index contributed by atoms with van der Waals surface area (Å²) in [6.45, 7) is 2.80. The zero-order valence-corrected chi connectivity index (χ0v) is 26.8. The summed E-state index contributed by atoms with van der Waals surface area (Å²) in [4.78, 5) is -4.88. The van der Waals surface area contributed by atoms with Gasteiger partial charge in [0.25, 0.3) is 0 Å². The highest BCUT2D eigenvalue weighted by Crippen LogP contribution is 2.72. The highest BCUT2D eigenvalue weighted by molar-refractivity contribution is 8.33. The Morgan fingerprint density at radius 3 is 1.12 bits per heavy atom. The van der Waals surface area contributed by atoms with E-state index in [2.05, 4.69) is 0 Å². The number of alkyl halides is 15. The molecule has 0 aliphatic heterocycles. The van der Waals surface area contributed by atoms with Gasteiger partial charge < -0.3 is 0 Å². The lowest BCUT2D eigenvalue weighted by atomic mass is 9.89. The molecule has 51 heavy (non-hydrogen) atoms. The van der Waals surface area contributed by atoms with Crippen LogP contribution in [0.2, 0.25) is 0 Å². The largest absolute Gasteiger partial charge is 0.418 e. The van der Waals surface area contributed by atoms with Gasteiger partial charge in [-0.2, -0.15) is 74.3 Å². The molecule has 0 unspecified atom stereocenters. The fraction of sp³-hybridized carbons (Fsp3) is 0.226. The van der Waals surface area contributed by atoms with E-state index in [9.17, 15) is 74.3 Å². The van der Waals surface area contributed by atoms with Crippen LogP contribution in [0.3, 0.4) is 0 Å². The van der Waals surface area contributed by atoms with Crippen LogP contribution >= 0.6 is 10.3 Å². The number of aryl methyl sites for hydroxylation is 2. The van der Waals surface area contributed by atoms with E-state index >= 15 is 0 Å². The van der Waals surface area contributed by atoms with Crippen LogP contribution in [0, 0.1) is 13.8 Å². The predicted molar refractivity (Wildman–Crippen MR) is 151 cm³/mol. The fourth-order valence-corrected chi connectivity index (χ4v) is 11.2. The van der Waals surface area contributed by atoms with Crippen LogP contribution < -0.4 is 0 Å². The Labute approximate surface area is 280 Å². The zero-order valence-electron chi connectivity index (χ0n) is 25.2. The van der Waals surface area contributed by atoms with E-state index in [0.717, 1.165) is 30.3 Å². The molecule has 0 saturated heterocycles. The molecule has 0 heterocycles. The van der Waals surface area contributed by atoms with E-state index in [1.807, 2.05) is 0 Å². The molecule has 20 heteroatoms. The Morgan fingerprint density at radius 1 is 0.471 bits per heavy atom. The van der Waals surface area contributed by atoms with Gasteiger partial charge in [-0.25, -0.2) is 3.63 Å². The maximum absolute atomic E-state index is 14.6. The van der Waals surface area contributed by atoms with Gasteiger partial charge in [0.2, 0.25) is 0 Å². The first-order chi connectivity index (χ1) is 23.1. The van der Waals surface area contributed by atoms with Crippen LogP contribution in [0.1, 0.15) is 38.9 Å². The first kappa shape index (κ1) is 39.9. The molecule has 0 amide bonds. The van der Waals surface area contributed by atoms with Crippen molar-refractivity contribution in [1.82, 2.24) is 0 Å². The molecule has 0 aliphatic rings. The minimum atomic E-state index is -7.31. The average molecular weight is 789 g/mol. The monoisotopic (exact) mass is 788 g/mol. The van der Waals surface area contributed by atoms with Crippen molar-refractivity contribution in [2.24, 2.45) is 0 Å². The summed E-state index contributed by atoms with van der Waals surface area (Å²) < 4.78 is 249. The number of rotatable bonds is 6. The molecule has 0 N–H and O–H groups in total. The van der Waals surface area contributed by atoms with Crippen LogP contribution in [0.25, 0.3) is 0 Å². The SMILES string of the molecule is Cc1ccc(S(OS(=O)(=O)c2c(C(F)(F)F)c(C(F)(F)F)c(C(F)(F)F)c(C(F)(F)F)c2C(F)(F)F)(c2ccccc2)c2ccccc2)c(C)c1. The average Bonchev–Trinajstić information content (AvgIpc) is 2.97. The minimum Gasteiger partial charge on any atom is -0.203 e. The first-order valence-corrected chi connectivity index (χ1v) is 16.6. The number of halogens is 15. The summed E-state index contributed by atoms with van der Waals surface area (Å²) in [5, 5.41) is 0.